The number of nitrogens with zero attached hydrogens (tertiary/aromatic N) is 1. The molecule has 0 aromatic carbocycles. The first-order valence-electron chi connectivity index (χ1n) is 5.71. The monoisotopic (exact) mass is 219 g/mol. The molecule has 0 bridgehead atoms. The zero-order valence-corrected chi connectivity index (χ0v) is 9.28. The van der Waals surface area contributed by atoms with Gasteiger partial charge in [-0.05, 0) is 37.9 Å². The average Bonchev–Trinajstić information content (AvgIpc) is 2.31. The molecule has 1 unspecified atom stereocenters. The molecule has 1 saturated heterocycles. The van der Waals surface area contributed by atoms with Crippen LogP contribution in [0.5, 0.6) is 0 Å². The van der Waals surface area contributed by atoms with Crippen LogP contribution in [-0.4, -0.2) is 23.9 Å². The van der Waals surface area contributed by atoms with E-state index < -0.39 is 0 Å². The van der Waals surface area contributed by atoms with E-state index in [0.29, 0.717) is 23.6 Å². The predicted molar refractivity (Wildman–Crippen MR) is 63.2 cm³/mol. The molecule has 2 heterocycles. The van der Waals surface area contributed by atoms with Crippen LogP contribution in [0.15, 0.2) is 18.5 Å². The van der Waals surface area contributed by atoms with Crippen molar-refractivity contribution in [2.24, 2.45) is 5.92 Å². The van der Waals surface area contributed by atoms with E-state index in [9.17, 15) is 4.79 Å². The van der Waals surface area contributed by atoms with Crippen LogP contribution >= 0.6 is 0 Å². The van der Waals surface area contributed by atoms with Gasteiger partial charge in [0.15, 0.2) is 5.78 Å². The van der Waals surface area contributed by atoms with Gasteiger partial charge >= 0.3 is 0 Å². The van der Waals surface area contributed by atoms with Gasteiger partial charge in [-0.2, -0.15) is 0 Å². The molecule has 86 valence electrons. The molecule has 0 saturated carbocycles. The van der Waals surface area contributed by atoms with E-state index in [2.05, 4.69) is 10.3 Å². The lowest BCUT2D eigenvalue weighted by molar-refractivity contribution is 0.0954. The maximum atomic E-state index is 12.0. The first kappa shape index (κ1) is 11.1. The van der Waals surface area contributed by atoms with Gasteiger partial charge in [0.1, 0.15) is 0 Å². The second-order valence-corrected chi connectivity index (χ2v) is 4.30. The summed E-state index contributed by atoms with van der Waals surface area (Å²) in [4.78, 5) is 15.9. The second-order valence-electron chi connectivity index (χ2n) is 4.30. The summed E-state index contributed by atoms with van der Waals surface area (Å²) in [6.45, 7) is 2.01. The van der Waals surface area contributed by atoms with Gasteiger partial charge < -0.3 is 11.1 Å². The molecule has 0 amide bonds. The number of carbonyl (C=O) groups is 1. The highest BCUT2D eigenvalue weighted by molar-refractivity contribution is 6.00. The number of carbonyl (C=O) groups excluding carboxylic acids is 1. The fourth-order valence-corrected chi connectivity index (χ4v) is 2.11. The van der Waals surface area contributed by atoms with Crippen LogP contribution in [-0.2, 0) is 0 Å². The number of hydrogen-bond acceptors (Lipinski definition) is 4. The number of nitrogens with one attached hydrogen (secondary N) is 1. The molecule has 1 fully saturated rings. The Morgan fingerprint density at radius 1 is 1.62 bits per heavy atom. The molecule has 0 radical (unpaired) electrons. The average molecular weight is 219 g/mol. The van der Waals surface area contributed by atoms with Gasteiger partial charge in [-0.25, -0.2) is 0 Å². The van der Waals surface area contributed by atoms with Crippen molar-refractivity contribution in [3.63, 3.8) is 0 Å². The SMILES string of the molecule is Nc1ccncc1C(=O)CC1CCCNC1. The predicted octanol–water partition coefficient (Wildman–Crippen LogP) is 1.24. The van der Waals surface area contributed by atoms with Crippen LogP contribution in [0.3, 0.4) is 0 Å². The standard InChI is InChI=1S/C12H17N3O/c13-11-3-5-15-8-10(11)12(16)6-9-2-1-4-14-7-9/h3,5,8-9,14H,1-2,4,6-7H2,(H2,13,15). The zero-order valence-electron chi connectivity index (χ0n) is 9.28. The molecule has 0 spiro atoms. The quantitative estimate of drug-likeness (QED) is 0.750. The number of nitrogens with two attached hydrogens (primary N) is 1. The van der Waals surface area contributed by atoms with E-state index in [-0.39, 0.29) is 5.78 Å². The number of piperidine rings is 1. The number of pyridine rings is 1. The molecule has 1 aromatic rings. The van der Waals surface area contributed by atoms with Crippen molar-refractivity contribution in [3.05, 3.63) is 24.0 Å². The van der Waals surface area contributed by atoms with E-state index >= 15 is 0 Å². The van der Waals surface area contributed by atoms with E-state index in [0.717, 1.165) is 25.9 Å². The highest BCUT2D eigenvalue weighted by atomic mass is 16.1. The molecular weight excluding hydrogens is 202 g/mol. The summed E-state index contributed by atoms with van der Waals surface area (Å²) in [7, 11) is 0. The van der Waals surface area contributed by atoms with Crippen molar-refractivity contribution < 1.29 is 4.79 Å². The summed E-state index contributed by atoms with van der Waals surface area (Å²) in [6.07, 6.45) is 6.02. The Bertz CT molecular complexity index is 372. The minimum atomic E-state index is 0.110. The highest BCUT2D eigenvalue weighted by Crippen LogP contribution is 2.19. The number of hydrogen-bond donors (Lipinski definition) is 2. The molecule has 4 nitrogen and oxygen atoms in total. The molecule has 1 atom stereocenters. The van der Waals surface area contributed by atoms with Crippen LogP contribution < -0.4 is 11.1 Å². The van der Waals surface area contributed by atoms with Crippen LogP contribution in [0.4, 0.5) is 5.69 Å². The molecule has 0 aliphatic carbocycles. The van der Waals surface area contributed by atoms with E-state index in [1.807, 2.05) is 0 Å². The van der Waals surface area contributed by atoms with Gasteiger partial charge in [-0.1, -0.05) is 0 Å². The van der Waals surface area contributed by atoms with Crippen LogP contribution in [0.25, 0.3) is 0 Å². The first-order valence-corrected chi connectivity index (χ1v) is 5.71. The third kappa shape index (κ3) is 2.58. The van der Waals surface area contributed by atoms with Gasteiger partial charge in [-0.3, -0.25) is 9.78 Å². The zero-order chi connectivity index (χ0) is 11.4. The molecule has 3 N–H and O–H groups in total. The third-order valence-electron chi connectivity index (χ3n) is 3.03. The Kier molecular flexibility index (Phi) is 3.51. The lowest BCUT2D eigenvalue weighted by Gasteiger charge is -2.22. The van der Waals surface area contributed by atoms with E-state index in [1.54, 1.807) is 18.5 Å². The molecule has 16 heavy (non-hydrogen) atoms. The number of anilines is 1. The summed E-state index contributed by atoms with van der Waals surface area (Å²) < 4.78 is 0. The van der Waals surface area contributed by atoms with Crippen molar-refractivity contribution in [2.75, 3.05) is 18.8 Å². The maximum Gasteiger partial charge on any atom is 0.166 e. The Labute approximate surface area is 95.3 Å². The molecule has 2 rings (SSSR count). The Morgan fingerprint density at radius 3 is 3.19 bits per heavy atom. The summed E-state index contributed by atoms with van der Waals surface area (Å²) in [6, 6.07) is 1.67. The van der Waals surface area contributed by atoms with Crippen LogP contribution in [0, 0.1) is 5.92 Å². The molecular formula is C12H17N3O. The highest BCUT2D eigenvalue weighted by Gasteiger charge is 2.18. The van der Waals surface area contributed by atoms with Crippen molar-refractivity contribution in [2.45, 2.75) is 19.3 Å². The third-order valence-corrected chi connectivity index (χ3v) is 3.03. The van der Waals surface area contributed by atoms with Crippen molar-refractivity contribution in [1.82, 2.24) is 10.3 Å². The smallest absolute Gasteiger partial charge is 0.166 e. The summed E-state index contributed by atoms with van der Waals surface area (Å²) >= 11 is 0. The molecule has 4 heteroatoms. The largest absolute Gasteiger partial charge is 0.398 e. The second kappa shape index (κ2) is 5.07. The Balaban J connectivity index is 2.00. The van der Waals surface area contributed by atoms with Gasteiger partial charge in [0.25, 0.3) is 0 Å². The fourth-order valence-electron chi connectivity index (χ4n) is 2.11. The van der Waals surface area contributed by atoms with Gasteiger partial charge in [0.2, 0.25) is 0 Å². The maximum absolute atomic E-state index is 12.0. The van der Waals surface area contributed by atoms with Crippen LogP contribution in [0.1, 0.15) is 29.6 Å². The number of aromatic nitrogens is 1. The lowest BCUT2D eigenvalue weighted by Crippen LogP contribution is -2.31. The van der Waals surface area contributed by atoms with Crippen molar-refractivity contribution in [1.29, 1.82) is 0 Å². The van der Waals surface area contributed by atoms with Gasteiger partial charge in [0.05, 0.1) is 5.56 Å². The van der Waals surface area contributed by atoms with Crippen molar-refractivity contribution in [3.8, 4) is 0 Å². The fraction of sp³-hybridized carbons (Fsp3) is 0.500. The molecule has 1 aliphatic rings. The minimum absolute atomic E-state index is 0.110. The number of Topliss-reactive ketones (excluding diaryl/α,β-unsaturated/α-hetero) is 1. The van der Waals surface area contributed by atoms with Gasteiger partial charge in [0, 0.05) is 24.5 Å². The summed E-state index contributed by atoms with van der Waals surface area (Å²) in [5, 5.41) is 3.31. The van der Waals surface area contributed by atoms with Crippen molar-refractivity contribution >= 4 is 11.5 Å². The Hall–Kier alpha value is -1.42. The molecule has 1 aliphatic heterocycles. The van der Waals surface area contributed by atoms with Crippen LogP contribution in [0.2, 0.25) is 0 Å². The van der Waals surface area contributed by atoms with E-state index in [4.69, 9.17) is 5.73 Å². The van der Waals surface area contributed by atoms with E-state index in [1.165, 1.54) is 0 Å². The number of rotatable bonds is 3. The first-order chi connectivity index (χ1) is 7.77. The molecule has 1 aromatic heterocycles. The summed E-state index contributed by atoms with van der Waals surface area (Å²) in [5.74, 6) is 0.556. The minimum Gasteiger partial charge on any atom is -0.398 e. The normalized spacial score (nSPS) is 20.6. The lowest BCUT2D eigenvalue weighted by atomic mass is 9.92. The number of ketones is 1. The topological polar surface area (TPSA) is 68.0 Å². The summed E-state index contributed by atoms with van der Waals surface area (Å²) in [5.41, 5.74) is 6.84. The number of nitrogen functional groups attached to an aromatic ring is 1. The van der Waals surface area contributed by atoms with Gasteiger partial charge in [-0.15, -0.1) is 0 Å². The Morgan fingerprint density at radius 2 is 2.50 bits per heavy atom.